The summed E-state index contributed by atoms with van der Waals surface area (Å²) in [7, 11) is 0. The minimum absolute atomic E-state index is 0.274. The van der Waals surface area contributed by atoms with Gasteiger partial charge in [-0.05, 0) is 11.6 Å². The second-order valence-electron chi connectivity index (χ2n) is 3.39. The topological polar surface area (TPSA) is 37.3 Å². The number of aliphatic carboxylic acids is 1. The maximum Gasteiger partial charge on any atom is 0.342 e. The van der Waals surface area contributed by atoms with E-state index >= 15 is 0 Å². The molecule has 0 bridgehead atoms. The quantitative estimate of drug-likeness (QED) is 0.794. The summed E-state index contributed by atoms with van der Waals surface area (Å²) in [4.78, 5) is 11.3. The van der Waals surface area contributed by atoms with Gasteiger partial charge in [0.05, 0.1) is 4.91 Å². The molecule has 0 saturated heterocycles. The molecule has 80 valence electrons. The summed E-state index contributed by atoms with van der Waals surface area (Å²) in [5, 5.41) is 9.27. The molecule has 0 heterocycles. The number of hydrogen-bond acceptors (Lipinski definition) is 2. The molecular formula is C12H14O2S. The van der Waals surface area contributed by atoms with E-state index in [-0.39, 0.29) is 5.25 Å². The molecule has 0 spiro atoms. The molecule has 0 aliphatic carbocycles. The Morgan fingerprint density at radius 2 is 1.93 bits per heavy atom. The van der Waals surface area contributed by atoms with Gasteiger partial charge >= 0.3 is 5.97 Å². The molecule has 0 amide bonds. The third kappa shape index (κ3) is 4.21. The van der Waals surface area contributed by atoms with Crippen LogP contribution in [0.3, 0.4) is 0 Å². The lowest BCUT2D eigenvalue weighted by atomic mass is 10.2. The average molecular weight is 222 g/mol. The van der Waals surface area contributed by atoms with E-state index in [9.17, 15) is 4.79 Å². The number of thioether (sulfide) groups is 1. The van der Waals surface area contributed by atoms with Crippen molar-refractivity contribution in [3.8, 4) is 0 Å². The fourth-order valence-electron chi connectivity index (χ4n) is 1.10. The summed E-state index contributed by atoms with van der Waals surface area (Å²) < 4.78 is 0. The Balaban J connectivity index is 2.89. The Bertz CT molecular complexity index is 355. The molecule has 0 aliphatic heterocycles. The first-order valence-corrected chi connectivity index (χ1v) is 5.64. The molecule has 1 rings (SSSR count). The van der Waals surface area contributed by atoms with Crippen LogP contribution in [0.25, 0.3) is 6.08 Å². The minimum atomic E-state index is -0.863. The predicted octanol–water partition coefficient (Wildman–Crippen LogP) is 3.25. The summed E-state index contributed by atoms with van der Waals surface area (Å²) in [6.07, 6.45) is 1.70. The van der Waals surface area contributed by atoms with E-state index in [2.05, 4.69) is 0 Å². The van der Waals surface area contributed by atoms with Crippen molar-refractivity contribution in [1.82, 2.24) is 0 Å². The van der Waals surface area contributed by atoms with Gasteiger partial charge < -0.3 is 5.11 Å². The fourth-order valence-corrected chi connectivity index (χ4v) is 1.91. The standard InChI is InChI=1S/C12H14O2S/c1-9(2)15-11(12(13)14)8-10-6-4-3-5-7-10/h3-9H,1-2H3,(H,13,14)/b11-8+. The van der Waals surface area contributed by atoms with E-state index in [1.807, 2.05) is 44.2 Å². The minimum Gasteiger partial charge on any atom is -0.477 e. The third-order valence-electron chi connectivity index (χ3n) is 1.67. The van der Waals surface area contributed by atoms with Crippen LogP contribution in [-0.2, 0) is 4.79 Å². The number of hydrogen-bond donors (Lipinski definition) is 1. The molecular weight excluding hydrogens is 208 g/mol. The fraction of sp³-hybridized carbons (Fsp3) is 0.250. The summed E-state index contributed by atoms with van der Waals surface area (Å²) in [5.41, 5.74) is 0.919. The van der Waals surface area contributed by atoms with Crippen LogP contribution in [0.5, 0.6) is 0 Å². The van der Waals surface area contributed by atoms with Crippen LogP contribution in [0.1, 0.15) is 19.4 Å². The van der Waals surface area contributed by atoms with Gasteiger partial charge in [0.15, 0.2) is 0 Å². The van der Waals surface area contributed by atoms with Gasteiger partial charge in [-0.2, -0.15) is 0 Å². The molecule has 0 fully saturated rings. The van der Waals surface area contributed by atoms with Crippen LogP contribution < -0.4 is 0 Å². The lowest BCUT2D eigenvalue weighted by Crippen LogP contribution is -2.00. The van der Waals surface area contributed by atoms with E-state index in [0.29, 0.717) is 4.91 Å². The average Bonchev–Trinajstić information content (AvgIpc) is 2.17. The second kappa shape index (κ2) is 5.61. The number of rotatable bonds is 4. The molecule has 15 heavy (non-hydrogen) atoms. The molecule has 0 aliphatic rings. The summed E-state index contributed by atoms with van der Waals surface area (Å²) in [6, 6.07) is 9.48. The first-order chi connectivity index (χ1) is 7.09. The molecule has 1 N–H and O–H groups in total. The second-order valence-corrected chi connectivity index (χ2v) is 5.01. The molecule has 3 heteroatoms. The first-order valence-electron chi connectivity index (χ1n) is 4.76. The van der Waals surface area contributed by atoms with Crippen molar-refractivity contribution < 1.29 is 9.90 Å². The van der Waals surface area contributed by atoms with Gasteiger partial charge in [-0.25, -0.2) is 4.79 Å². The van der Waals surface area contributed by atoms with Gasteiger partial charge in [-0.1, -0.05) is 44.2 Å². The summed E-state index contributed by atoms with van der Waals surface area (Å²) in [6.45, 7) is 3.96. The number of carbonyl (C=O) groups is 1. The van der Waals surface area contributed by atoms with Crippen molar-refractivity contribution in [2.75, 3.05) is 0 Å². The molecule has 0 saturated carbocycles. The van der Waals surface area contributed by atoms with E-state index in [1.165, 1.54) is 11.8 Å². The Morgan fingerprint density at radius 3 is 2.40 bits per heavy atom. The Hall–Kier alpha value is -1.22. The lowest BCUT2D eigenvalue weighted by molar-refractivity contribution is -0.131. The zero-order valence-electron chi connectivity index (χ0n) is 8.81. The zero-order valence-corrected chi connectivity index (χ0v) is 9.62. The van der Waals surface area contributed by atoms with Gasteiger partial charge in [-0.3, -0.25) is 0 Å². The monoisotopic (exact) mass is 222 g/mol. The number of carboxylic acid groups (broad SMARTS) is 1. The van der Waals surface area contributed by atoms with Crippen LogP contribution in [0.4, 0.5) is 0 Å². The van der Waals surface area contributed by atoms with Gasteiger partial charge in [0.25, 0.3) is 0 Å². The summed E-state index contributed by atoms with van der Waals surface area (Å²) >= 11 is 1.36. The van der Waals surface area contributed by atoms with Gasteiger partial charge in [0.2, 0.25) is 0 Å². The van der Waals surface area contributed by atoms with Crippen LogP contribution in [0.2, 0.25) is 0 Å². The largest absolute Gasteiger partial charge is 0.477 e. The summed E-state index contributed by atoms with van der Waals surface area (Å²) in [5.74, 6) is -0.863. The van der Waals surface area contributed by atoms with E-state index < -0.39 is 5.97 Å². The molecule has 1 aromatic carbocycles. The highest BCUT2D eigenvalue weighted by atomic mass is 32.2. The maximum absolute atomic E-state index is 11.0. The number of benzene rings is 1. The molecule has 0 unspecified atom stereocenters. The smallest absolute Gasteiger partial charge is 0.342 e. The van der Waals surface area contributed by atoms with E-state index in [4.69, 9.17) is 5.11 Å². The molecule has 0 aromatic heterocycles. The molecule has 0 atom stereocenters. The van der Waals surface area contributed by atoms with Gasteiger partial charge in [-0.15, -0.1) is 11.8 Å². The molecule has 0 radical (unpaired) electrons. The Kier molecular flexibility index (Phi) is 4.43. The zero-order chi connectivity index (χ0) is 11.3. The van der Waals surface area contributed by atoms with Crippen molar-refractivity contribution >= 4 is 23.8 Å². The van der Waals surface area contributed by atoms with Crippen molar-refractivity contribution in [3.63, 3.8) is 0 Å². The van der Waals surface area contributed by atoms with Crippen molar-refractivity contribution in [2.24, 2.45) is 0 Å². The van der Waals surface area contributed by atoms with Crippen molar-refractivity contribution in [3.05, 3.63) is 40.8 Å². The first kappa shape index (κ1) is 11.9. The van der Waals surface area contributed by atoms with E-state index in [0.717, 1.165) is 5.56 Å². The SMILES string of the molecule is CC(C)S/C(=C/c1ccccc1)C(=O)O. The van der Waals surface area contributed by atoms with Crippen LogP contribution in [-0.4, -0.2) is 16.3 Å². The van der Waals surface area contributed by atoms with Crippen LogP contribution in [0.15, 0.2) is 35.2 Å². The van der Waals surface area contributed by atoms with Crippen LogP contribution in [0, 0.1) is 0 Å². The molecule has 1 aromatic rings. The third-order valence-corrected chi connectivity index (χ3v) is 2.69. The normalized spacial score (nSPS) is 11.8. The predicted molar refractivity (Wildman–Crippen MR) is 64.8 cm³/mol. The van der Waals surface area contributed by atoms with Gasteiger partial charge in [0.1, 0.15) is 0 Å². The van der Waals surface area contributed by atoms with Crippen molar-refractivity contribution in [2.45, 2.75) is 19.1 Å². The Morgan fingerprint density at radius 1 is 1.33 bits per heavy atom. The highest BCUT2D eigenvalue weighted by Crippen LogP contribution is 2.23. The Labute approximate surface area is 94.0 Å². The molecule has 2 nitrogen and oxygen atoms in total. The maximum atomic E-state index is 11.0. The van der Waals surface area contributed by atoms with Gasteiger partial charge in [0, 0.05) is 5.25 Å². The van der Waals surface area contributed by atoms with E-state index in [1.54, 1.807) is 6.08 Å². The van der Waals surface area contributed by atoms with Crippen molar-refractivity contribution in [1.29, 1.82) is 0 Å². The highest BCUT2D eigenvalue weighted by molar-refractivity contribution is 8.04. The lowest BCUT2D eigenvalue weighted by Gasteiger charge is -2.05. The number of carboxylic acids is 1. The van der Waals surface area contributed by atoms with Crippen LogP contribution >= 0.6 is 11.8 Å². The highest BCUT2D eigenvalue weighted by Gasteiger charge is 2.09.